The number of rotatable bonds is 5. The Morgan fingerprint density at radius 1 is 1.06 bits per heavy atom. The van der Waals surface area contributed by atoms with Gasteiger partial charge in [-0.05, 0) is 0 Å². The molecule has 0 amide bonds. The maximum absolute atomic E-state index is 11.2. The van der Waals surface area contributed by atoms with Crippen LogP contribution in [0.3, 0.4) is 0 Å². The van der Waals surface area contributed by atoms with Crippen LogP contribution >= 0.6 is 0 Å². The van der Waals surface area contributed by atoms with E-state index < -0.39 is 30.7 Å². The highest BCUT2D eigenvalue weighted by Gasteiger charge is 2.22. The Bertz CT molecular complexity index is 320. The van der Waals surface area contributed by atoms with Gasteiger partial charge in [-0.2, -0.15) is 8.42 Å². The Kier molecular flexibility index (Phi) is 9.54. The Labute approximate surface area is 111 Å². The molecule has 110 valence electrons. The number of halogens is 1. The van der Waals surface area contributed by atoms with Gasteiger partial charge in [-0.25, -0.2) is 0 Å². The van der Waals surface area contributed by atoms with Gasteiger partial charge in [0.1, 0.15) is 0 Å². The summed E-state index contributed by atoms with van der Waals surface area (Å²) >= 11 is 0. The van der Waals surface area contributed by atoms with Crippen LogP contribution in [-0.2, 0) is 15.0 Å². The molecule has 0 aliphatic heterocycles. The molecule has 0 radical (unpaired) electrons. The molecule has 0 spiro atoms. The molecule has 0 atom stereocenters. The quantitative estimate of drug-likeness (QED) is 0.626. The standard InChI is InChI=1S/C9H22Si.C2H3FO4S/c1-7(2)10(8(3)4)9(5)6;3-8(6,7)1-2(4)5/h7-10H,1-6H3;1H2,(H,4,5). The van der Waals surface area contributed by atoms with Gasteiger partial charge in [0.05, 0.1) is 0 Å². The van der Waals surface area contributed by atoms with Gasteiger partial charge in [0, 0.05) is 8.80 Å². The van der Waals surface area contributed by atoms with Crippen LogP contribution in [0.15, 0.2) is 0 Å². The zero-order chi connectivity index (χ0) is 15.1. The van der Waals surface area contributed by atoms with Gasteiger partial charge in [0.25, 0.3) is 0 Å². The van der Waals surface area contributed by atoms with Crippen molar-refractivity contribution >= 4 is 25.0 Å². The van der Waals surface area contributed by atoms with Crippen molar-refractivity contribution in [2.45, 2.75) is 58.2 Å². The minimum Gasteiger partial charge on any atom is -0.480 e. The van der Waals surface area contributed by atoms with E-state index in [1.54, 1.807) is 0 Å². The molecular weight excluding hydrogens is 275 g/mol. The van der Waals surface area contributed by atoms with Crippen molar-refractivity contribution in [3.05, 3.63) is 0 Å². The number of carboxylic acids is 1. The lowest BCUT2D eigenvalue weighted by Crippen LogP contribution is -2.24. The van der Waals surface area contributed by atoms with Gasteiger partial charge in [0.15, 0.2) is 5.75 Å². The smallest absolute Gasteiger partial charge is 0.321 e. The highest BCUT2D eigenvalue weighted by atomic mass is 32.3. The molecule has 0 heterocycles. The average Bonchev–Trinajstić information content (AvgIpc) is 1.95. The van der Waals surface area contributed by atoms with E-state index in [0.29, 0.717) is 0 Å². The molecule has 4 nitrogen and oxygen atoms in total. The summed E-state index contributed by atoms with van der Waals surface area (Å²) in [5, 5.41) is 7.63. The zero-order valence-electron chi connectivity index (χ0n) is 12.0. The molecular formula is C11H25FO4SSi. The van der Waals surface area contributed by atoms with Crippen LogP contribution in [-0.4, -0.2) is 34.0 Å². The molecule has 0 aromatic heterocycles. The van der Waals surface area contributed by atoms with E-state index in [2.05, 4.69) is 41.5 Å². The lowest BCUT2D eigenvalue weighted by atomic mass is 10.5. The van der Waals surface area contributed by atoms with Gasteiger partial charge in [-0.3, -0.25) is 4.79 Å². The largest absolute Gasteiger partial charge is 0.480 e. The van der Waals surface area contributed by atoms with Crippen molar-refractivity contribution in [3.8, 4) is 0 Å². The maximum atomic E-state index is 11.2. The fraction of sp³-hybridized carbons (Fsp3) is 0.909. The van der Waals surface area contributed by atoms with Crippen LogP contribution in [0.25, 0.3) is 0 Å². The first-order valence-corrected chi connectivity index (χ1v) is 9.57. The topological polar surface area (TPSA) is 71.4 Å². The molecule has 0 aliphatic rings. The third-order valence-electron chi connectivity index (χ3n) is 2.61. The summed E-state index contributed by atoms with van der Waals surface area (Å²) in [5.41, 5.74) is 2.92. The summed E-state index contributed by atoms with van der Waals surface area (Å²) in [5.74, 6) is -3.14. The first kappa shape index (κ1) is 19.9. The van der Waals surface area contributed by atoms with Crippen molar-refractivity contribution in [1.82, 2.24) is 0 Å². The zero-order valence-corrected chi connectivity index (χ0v) is 13.9. The minimum atomic E-state index is -4.82. The molecule has 0 saturated carbocycles. The molecule has 18 heavy (non-hydrogen) atoms. The van der Waals surface area contributed by atoms with Crippen LogP contribution in [0.4, 0.5) is 3.89 Å². The van der Waals surface area contributed by atoms with Gasteiger partial charge in [-0.15, -0.1) is 3.89 Å². The second-order valence-electron chi connectivity index (χ2n) is 5.39. The summed E-state index contributed by atoms with van der Waals surface area (Å²) in [6.45, 7) is 14.3. The van der Waals surface area contributed by atoms with Crippen LogP contribution < -0.4 is 0 Å². The molecule has 0 bridgehead atoms. The molecule has 0 fully saturated rings. The third kappa shape index (κ3) is 12.0. The summed E-state index contributed by atoms with van der Waals surface area (Å²) in [6, 6.07) is 0. The Hall–Kier alpha value is -0.433. The van der Waals surface area contributed by atoms with E-state index in [1.807, 2.05) is 0 Å². The predicted molar refractivity (Wildman–Crippen MR) is 75.0 cm³/mol. The molecule has 0 unspecified atom stereocenters. The number of hydrogen-bond acceptors (Lipinski definition) is 3. The summed E-state index contributed by atoms with van der Waals surface area (Å²) < 4.78 is 30.0. The molecule has 0 rings (SSSR count). The SMILES string of the molecule is CC(C)[SiH](C(C)C)C(C)C.O=C(O)CS(=O)(=O)F. The Morgan fingerprint density at radius 3 is 1.33 bits per heavy atom. The first-order valence-electron chi connectivity index (χ1n) is 6.02. The van der Waals surface area contributed by atoms with Crippen molar-refractivity contribution in [2.75, 3.05) is 5.75 Å². The first-order chi connectivity index (χ1) is 7.88. The van der Waals surface area contributed by atoms with Crippen molar-refractivity contribution in [3.63, 3.8) is 0 Å². The van der Waals surface area contributed by atoms with Crippen LogP contribution in [0.5, 0.6) is 0 Å². The molecule has 0 aliphatic carbocycles. The number of carbonyl (C=O) groups is 1. The van der Waals surface area contributed by atoms with E-state index in [1.165, 1.54) is 0 Å². The highest BCUT2D eigenvalue weighted by Crippen LogP contribution is 2.28. The molecule has 0 aromatic carbocycles. The Balaban J connectivity index is 0. The summed E-state index contributed by atoms with van der Waals surface area (Å²) in [6.07, 6.45) is 0. The minimum absolute atomic E-state index is 0.454. The normalized spacial score (nSPS) is 11.9. The summed E-state index contributed by atoms with van der Waals surface area (Å²) in [4.78, 5) is 9.40. The number of carboxylic acid groups (broad SMARTS) is 1. The third-order valence-corrected chi connectivity index (χ3v) is 7.82. The van der Waals surface area contributed by atoms with Gasteiger partial charge < -0.3 is 5.11 Å². The van der Waals surface area contributed by atoms with E-state index in [9.17, 15) is 17.1 Å². The lowest BCUT2D eigenvalue weighted by molar-refractivity contribution is -0.134. The van der Waals surface area contributed by atoms with E-state index >= 15 is 0 Å². The monoisotopic (exact) mass is 300 g/mol. The predicted octanol–water partition coefficient (Wildman–Crippen LogP) is 2.81. The average molecular weight is 300 g/mol. The van der Waals surface area contributed by atoms with Crippen molar-refractivity contribution in [1.29, 1.82) is 0 Å². The molecule has 0 aromatic rings. The second-order valence-corrected chi connectivity index (χ2v) is 11.9. The van der Waals surface area contributed by atoms with Crippen LogP contribution in [0.1, 0.15) is 41.5 Å². The number of hydrogen-bond donors (Lipinski definition) is 1. The van der Waals surface area contributed by atoms with Gasteiger partial charge in [0.2, 0.25) is 0 Å². The fourth-order valence-electron chi connectivity index (χ4n) is 2.46. The molecule has 0 saturated heterocycles. The fourth-order valence-corrected chi connectivity index (χ4v) is 7.37. The van der Waals surface area contributed by atoms with Gasteiger partial charge >= 0.3 is 16.2 Å². The van der Waals surface area contributed by atoms with E-state index in [-0.39, 0.29) is 0 Å². The number of aliphatic carboxylic acids is 1. The summed E-state index contributed by atoms with van der Waals surface area (Å²) in [7, 11) is -5.28. The van der Waals surface area contributed by atoms with Crippen LogP contribution in [0, 0.1) is 0 Å². The van der Waals surface area contributed by atoms with Crippen LogP contribution in [0.2, 0.25) is 16.6 Å². The van der Waals surface area contributed by atoms with Crippen molar-refractivity contribution < 1.29 is 22.2 Å². The highest BCUT2D eigenvalue weighted by molar-refractivity contribution is 7.87. The second kappa shape index (κ2) is 8.63. The maximum Gasteiger partial charge on any atom is 0.321 e. The van der Waals surface area contributed by atoms with Crippen molar-refractivity contribution in [2.24, 2.45) is 0 Å². The molecule has 1 N–H and O–H groups in total. The Morgan fingerprint density at radius 2 is 1.33 bits per heavy atom. The lowest BCUT2D eigenvalue weighted by Gasteiger charge is -2.26. The molecule has 7 heteroatoms. The van der Waals surface area contributed by atoms with E-state index in [4.69, 9.17) is 5.11 Å². The van der Waals surface area contributed by atoms with Gasteiger partial charge in [-0.1, -0.05) is 58.2 Å². The van der Waals surface area contributed by atoms with E-state index in [0.717, 1.165) is 16.6 Å².